The third kappa shape index (κ3) is 3.35. The molecule has 16 heavy (non-hydrogen) atoms. The minimum absolute atomic E-state index is 0.0643. The molecule has 0 bridgehead atoms. The van der Waals surface area contributed by atoms with Crippen molar-refractivity contribution in [2.24, 2.45) is 0 Å². The van der Waals surface area contributed by atoms with Crippen LogP contribution in [0.2, 0.25) is 0 Å². The maximum absolute atomic E-state index is 13.1. The molecule has 0 aliphatic heterocycles. The summed E-state index contributed by atoms with van der Waals surface area (Å²) in [5.41, 5.74) is 0.839. The molecule has 0 radical (unpaired) electrons. The Morgan fingerprint density at radius 3 is 2.94 bits per heavy atom. The maximum atomic E-state index is 13.1. The summed E-state index contributed by atoms with van der Waals surface area (Å²) >= 11 is 0. The van der Waals surface area contributed by atoms with Gasteiger partial charge in [0, 0.05) is 11.6 Å². The monoisotopic (exact) mass is 223 g/mol. The van der Waals surface area contributed by atoms with E-state index in [1.165, 1.54) is 12.1 Å². The first-order valence-corrected chi connectivity index (χ1v) is 5.39. The van der Waals surface area contributed by atoms with Crippen LogP contribution < -0.4 is 10.1 Å². The number of nitrogens with one attached hydrogen (secondary N) is 1. The van der Waals surface area contributed by atoms with Crippen molar-refractivity contribution in [3.8, 4) is 5.75 Å². The van der Waals surface area contributed by atoms with E-state index in [4.69, 9.17) is 4.74 Å². The molecule has 1 atom stereocenters. The summed E-state index contributed by atoms with van der Waals surface area (Å²) in [4.78, 5) is 0. The van der Waals surface area contributed by atoms with Gasteiger partial charge in [0.2, 0.25) is 0 Å². The Morgan fingerprint density at radius 2 is 2.31 bits per heavy atom. The molecule has 2 nitrogen and oxygen atoms in total. The van der Waals surface area contributed by atoms with Crippen LogP contribution in [0, 0.1) is 5.82 Å². The Labute approximate surface area is 96.1 Å². The van der Waals surface area contributed by atoms with Crippen molar-refractivity contribution in [2.45, 2.75) is 19.4 Å². The fraction of sp³-hybridized carbons (Fsp3) is 0.385. The van der Waals surface area contributed by atoms with Crippen molar-refractivity contribution in [3.05, 3.63) is 42.2 Å². The summed E-state index contributed by atoms with van der Waals surface area (Å²) in [6, 6.07) is 4.65. The van der Waals surface area contributed by atoms with Crippen molar-refractivity contribution in [3.63, 3.8) is 0 Å². The minimum atomic E-state index is -0.242. The molecule has 0 spiro atoms. The van der Waals surface area contributed by atoms with Crippen LogP contribution in [0.4, 0.5) is 4.39 Å². The third-order valence-corrected chi connectivity index (χ3v) is 2.45. The van der Waals surface area contributed by atoms with Gasteiger partial charge in [-0.1, -0.05) is 6.08 Å². The predicted octanol–water partition coefficient (Wildman–Crippen LogP) is 3.06. The summed E-state index contributed by atoms with van der Waals surface area (Å²) in [6.45, 7) is 6.16. The molecule has 1 aromatic carbocycles. The maximum Gasteiger partial charge on any atom is 0.124 e. The number of benzene rings is 1. The van der Waals surface area contributed by atoms with Crippen LogP contribution in [0.5, 0.6) is 5.75 Å². The number of rotatable bonds is 6. The first-order chi connectivity index (χ1) is 7.69. The van der Waals surface area contributed by atoms with E-state index in [1.54, 1.807) is 12.1 Å². The third-order valence-electron chi connectivity index (χ3n) is 2.45. The van der Waals surface area contributed by atoms with Gasteiger partial charge in [-0.2, -0.15) is 0 Å². The molecule has 3 heteroatoms. The second-order valence-corrected chi connectivity index (χ2v) is 3.62. The average Bonchev–Trinajstić information content (AvgIpc) is 2.30. The standard InChI is InChI=1S/C13H18FNO/c1-4-5-8-16-13-7-6-11(14)9-12(13)10(2)15-3/h4,6-7,9-10,15H,1,5,8H2,2-3H3. The smallest absolute Gasteiger partial charge is 0.124 e. The van der Waals surface area contributed by atoms with Gasteiger partial charge in [-0.3, -0.25) is 0 Å². The molecule has 0 saturated heterocycles. The average molecular weight is 223 g/mol. The molecule has 0 fully saturated rings. The van der Waals surface area contributed by atoms with Gasteiger partial charge < -0.3 is 10.1 Å². The van der Waals surface area contributed by atoms with Gasteiger partial charge >= 0.3 is 0 Å². The van der Waals surface area contributed by atoms with Crippen molar-refractivity contribution in [1.29, 1.82) is 0 Å². The highest BCUT2D eigenvalue weighted by Gasteiger charge is 2.10. The predicted molar refractivity (Wildman–Crippen MR) is 64.2 cm³/mol. The van der Waals surface area contributed by atoms with Gasteiger partial charge in [-0.05, 0) is 38.6 Å². The highest BCUT2D eigenvalue weighted by Crippen LogP contribution is 2.25. The zero-order valence-electron chi connectivity index (χ0n) is 9.79. The molecule has 1 rings (SSSR count). The largest absolute Gasteiger partial charge is 0.493 e. The topological polar surface area (TPSA) is 21.3 Å². The van der Waals surface area contributed by atoms with Gasteiger partial charge in [0.05, 0.1) is 6.61 Å². The quantitative estimate of drug-likeness (QED) is 0.591. The van der Waals surface area contributed by atoms with Gasteiger partial charge in [0.25, 0.3) is 0 Å². The molecule has 0 aliphatic rings. The van der Waals surface area contributed by atoms with E-state index in [0.29, 0.717) is 6.61 Å². The van der Waals surface area contributed by atoms with Crippen LogP contribution in [-0.4, -0.2) is 13.7 Å². The van der Waals surface area contributed by atoms with Gasteiger partial charge in [0.15, 0.2) is 0 Å². The van der Waals surface area contributed by atoms with E-state index in [-0.39, 0.29) is 11.9 Å². The van der Waals surface area contributed by atoms with E-state index in [2.05, 4.69) is 11.9 Å². The number of halogens is 1. The van der Waals surface area contributed by atoms with Crippen LogP contribution in [0.3, 0.4) is 0 Å². The summed E-state index contributed by atoms with van der Waals surface area (Å²) in [5.74, 6) is 0.485. The molecule has 0 aromatic heterocycles. The molecule has 1 unspecified atom stereocenters. The fourth-order valence-electron chi connectivity index (χ4n) is 1.40. The van der Waals surface area contributed by atoms with E-state index in [0.717, 1.165) is 17.7 Å². The van der Waals surface area contributed by atoms with Crippen molar-refractivity contribution in [2.75, 3.05) is 13.7 Å². The SMILES string of the molecule is C=CCCOc1ccc(F)cc1C(C)NC. The normalized spacial score (nSPS) is 12.2. The van der Waals surface area contributed by atoms with Crippen molar-refractivity contribution >= 4 is 0 Å². The lowest BCUT2D eigenvalue weighted by Gasteiger charge is -2.16. The number of hydrogen-bond acceptors (Lipinski definition) is 2. The highest BCUT2D eigenvalue weighted by molar-refractivity contribution is 5.36. The first kappa shape index (κ1) is 12.7. The lowest BCUT2D eigenvalue weighted by atomic mass is 10.1. The van der Waals surface area contributed by atoms with Gasteiger partial charge in [-0.15, -0.1) is 6.58 Å². The second-order valence-electron chi connectivity index (χ2n) is 3.62. The molecular weight excluding hydrogens is 205 g/mol. The number of hydrogen-bond donors (Lipinski definition) is 1. The van der Waals surface area contributed by atoms with Crippen molar-refractivity contribution < 1.29 is 9.13 Å². The second kappa shape index (κ2) is 6.28. The fourth-order valence-corrected chi connectivity index (χ4v) is 1.40. The van der Waals surface area contributed by atoms with Crippen LogP contribution in [0.15, 0.2) is 30.9 Å². The molecule has 0 amide bonds. The summed E-state index contributed by atoms with van der Waals surface area (Å²) in [5, 5.41) is 3.07. The number of ether oxygens (including phenoxy) is 1. The van der Waals surface area contributed by atoms with Gasteiger partial charge in [0.1, 0.15) is 11.6 Å². The summed E-state index contributed by atoms with van der Waals surface area (Å²) in [7, 11) is 1.84. The minimum Gasteiger partial charge on any atom is -0.493 e. The molecule has 88 valence electrons. The van der Waals surface area contributed by atoms with E-state index < -0.39 is 0 Å². The van der Waals surface area contributed by atoms with Crippen LogP contribution in [0.25, 0.3) is 0 Å². The lowest BCUT2D eigenvalue weighted by molar-refractivity contribution is 0.318. The van der Waals surface area contributed by atoms with Crippen LogP contribution >= 0.6 is 0 Å². The summed E-state index contributed by atoms with van der Waals surface area (Å²) in [6.07, 6.45) is 2.58. The van der Waals surface area contributed by atoms with Crippen LogP contribution in [-0.2, 0) is 0 Å². The van der Waals surface area contributed by atoms with E-state index in [1.807, 2.05) is 14.0 Å². The Bertz CT molecular complexity index is 352. The lowest BCUT2D eigenvalue weighted by Crippen LogP contribution is -2.14. The van der Waals surface area contributed by atoms with E-state index in [9.17, 15) is 4.39 Å². The Balaban J connectivity index is 2.84. The highest BCUT2D eigenvalue weighted by atomic mass is 19.1. The molecule has 0 aliphatic carbocycles. The summed E-state index contributed by atoms with van der Waals surface area (Å²) < 4.78 is 18.7. The van der Waals surface area contributed by atoms with Crippen LogP contribution in [0.1, 0.15) is 24.9 Å². The van der Waals surface area contributed by atoms with Gasteiger partial charge in [-0.25, -0.2) is 4.39 Å². The molecule has 1 aromatic rings. The van der Waals surface area contributed by atoms with Crippen molar-refractivity contribution in [1.82, 2.24) is 5.32 Å². The Kier molecular flexibility index (Phi) is 4.99. The molecule has 0 saturated carbocycles. The zero-order chi connectivity index (χ0) is 12.0. The first-order valence-electron chi connectivity index (χ1n) is 5.39. The van der Waals surface area contributed by atoms with E-state index >= 15 is 0 Å². The molecular formula is C13H18FNO. The molecule has 0 heterocycles. The Morgan fingerprint density at radius 1 is 1.56 bits per heavy atom. The zero-order valence-corrected chi connectivity index (χ0v) is 9.79. The Hall–Kier alpha value is -1.35. The molecule has 1 N–H and O–H groups in total.